The van der Waals surface area contributed by atoms with Crippen molar-refractivity contribution in [1.29, 1.82) is 0 Å². The Hall–Kier alpha value is -2.90. The monoisotopic (exact) mass is 364 g/mol. The first-order valence-electron chi connectivity index (χ1n) is 8.37. The van der Waals surface area contributed by atoms with E-state index in [1.54, 1.807) is 38.1 Å². The quantitative estimate of drug-likeness (QED) is 0.511. The Morgan fingerprint density at radius 1 is 1.04 bits per heavy atom. The Labute approximate surface area is 152 Å². The Kier molecular flexibility index (Phi) is 8.83. The van der Waals surface area contributed by atoms with Gasteiger partial charge in [0, 0.05) is 18.0 Å². The van der Waals surface area contributed by atoms with Crippen LogP contribution in [0.25, 0.3) is 0 Å². The van der Waals surface area contributed by atoms with Crippen LogP contribution in [-0.4, -0.2) is 42.9 Å². The Bertz CT molecular complexity index is 642. The lowest BCUT2D eigenvalue weighted by Gasteiger charge is -2.12. The van der Waals surface area contributed by atoms with E-state index in [1.165, 1.54) is 0 Å². The van der Waals surface area contributed by atoms with Crippen LogP contribution in [-0.2, 0) is 14.3 Å². The van der Waals surface area contributed by atoms with Crippen molar-refractivity contribution in [2.75, 3.05) is 13.2 Å². The first-order chi connectivity index (χ1) is 12.3. The van der Waals surface area contributed by atoms with Crippen molar-refractivity contribution >= 4 is 23.7 Å². The van der Waals surface area contributed by atoms with Crippen molar-refractivity contribution in [3.8, 4) is 5.75 Å². The maximum atomic E-state index is 11.6. The number of imide groups is 1. The van der Waals surface area contributed by atoms with Gasteiger partial charge in [0.1, 0.15) is 5.75 Å². The van der Waals surface area contributed by atoms with E-state index in [4.69, 9.17) is 9.47 Å². The zero-order valence-electron chi connectivity index (χ0n) is 15.2. The van der Waals surface area contributed by atoms with Crippen molar-refractivity contribution in [3.63, 3.8) is 0 Å². The predicted octanol–water partition coefficient (Wildman–Crippen LogP) is 1.83. The molecule has 0 aliphatic rings. The second kappa shape index (κ2) is 10.9. The standard InChI is InChI=1S/C18H24N2O6/c1-4-12(3)19-18(24)20-16(22)10-26-17(23)11-25-14-8-6-13(7-9-14)15(21)5-2/h6-9,12H,4-5,10-11H2,1-3H3,(H2,19,20,22,24)/t12-/m0/s1. The van der Waals surface area contributed by atoms with Crippen molar-refractivity contribution in [1.82, 2.24) is 10.6 Å². The van der Waals surface area contributed by atoms with Gasteiger partial charge in [-0.2, -0.15) is 0 Å². The first kappa shape index (κ1) is 21.1. The Morgan fingerprint density at radius 2 is 1.69 bits per heavy atom. The molecule has 1 rings (SSSR count). The first-order valence-corrected chi connectivity index (χ1v) is 8.37. The molecule has 8 nitrogen and oxygen atoms in total. The molecule has 0 aliphatic heterocycles. The number of carbonyl (C=O) groups excluding carboxylic acids is 4. The molecule has 26 heavy (non-hydrogen) atoms. The zero-order chi connectivity index (χ0) is 19.5. The minimum Gasteiger partial charge on any atom is -0.482 e. The lowest BCUT2D eigenvalue weighted by Crippen LogP contribution is -2.44. The molecule has 0 fully saturated rings. The van der Waals surface area contributed by atoms with Gasteiger partial charge in [0.05, 0.1) is 0 Å². The van der Waals surface area contributed by atoms with Gasteiger partial charge in [0.15, 0.2) is 19.0 Å². The number of ether oxygens (including phenoxy) is 2. The van der Waals surface area contributed by atoms with Gasteiger partial charge in [-0.25, -0.2) is 9.59 Å². The molecule has 2 N–H and O–H groups in total. The summed E-state index contributed by atoms with van der Waals surface area (Å²) in [5.41, 5.74) is 0.565. The van der Waals surface area contributed by atoms with E-state index in [2.05, 4.69) is 10.6 Å². The van der Waals surface area contributed by atoms with Crippen LogP contribution >= 0.6 is 0 Å². The number of benzene rings is 1. The summed E-state index contributed by atoms with van der Waals surface area (Å²) in [7, 11) is 0. The molecular weight excluding hydrogens is 340 g/mol. The topological polar surface area (TPSA) is 111 Å². The lowest BCUT2D eigenvalue weighted by molar-refractivity contribution is -0.150. The highest BCUT2D eigenvalue weighted by atomic mass is 16.6. The summed E-state index contributed by atoms with van der Waals surface area (Å²) in [4.78, 5) is 46.0. The second-order valence-electron chi connectivity index (χ2n) is 5.58. The summed E-state index contributed by atoms with van der Waals surface area (Å²) < 4.78 is 9.95. The minimum absolute atomic E-state index is 0.0133. The van der Waals surface area contributed by atoms with E-state index in [0.717, 1.165) is 6.42 Å². The number of urea groups is 1. The average Bonchev–Trinajstić information content (AvgIpc) is 2.64. The molecular formula is C18H24N2O6. The van der Waals surface area contributed by atoms with E-state index in [0.29, 0.717) is 17.7 Å². The molecule has 0 bridgehead atoms. The molecule has 0 radical (unpaired) electrons. The summed E-state index contributed by atoms with van der Waals surface area (Å²) in [6.45, 7) is 4.48. The summed E-state index contributed by atoms with van der Waals surface area (Å²) >= 11 is 0. The molecule has 0 saturated heterocycles. The maximum Gasteiger partial charge on any atom is 0.344 e. The number of nitrogens with one attached hydrogen (secondary N) is 2. The van der Waals surface area contributed by atoms with Gasteiger partial charge < -0.3 is 14.8 Å². The Balaban J connectivity index is 2.30. The highest BCUT2D eigenvalue weighted by molar-refractivity contribution is 5.96. The number of Topliss-reactive ketones (excluding diaryl/α,β-unsaturated/α-hetero) is 1. The SMILES string of the molecule is CCC(=O)c1ccc(OCC(=O)OCC(=O)NC(=O)N[C@@H](C)CC)cc1. The van der Waals surface area contributed by atoms with E-state index < -0.39 is 31.1 Å². The van der Waals surface area contributed by atoms with Crippen molar-refractivity contribution < 1.29 is 28.7 Å². The molecule has 0 unspecified atom stereocenters. The third-order valence-electron chi connectivity index (χ3n) is 3.46. The largest absolute Gasteiger partial charge is 0.482 e. The Morgan fingerprint density at radius 3 is 2.27 bits per heavy atom. The van der Waals surface area contributed by atoms with E-state index >= 15 is 0 Å². The number of carbonyl (C=O) groups is 4. The van der Waals surface area contributed by atoms with Crippen LogP contribution < -0.4 is 15.4 Å². The van der Waals surface area contributed by atoms with E-state index in [9.17, 15) is 19.2 Å². The van der Waals surface area contributed by atoms with Crippen LogP contribution in [0.5, 0.6) is 5.75 Å². The summed E-state index contributed by atoms with van der Waals surface area (Å²) in [6.07, 6.45) is 1.13. The van der Waals surface area contributed by atoms with Gasteiger partial charge in [0.25, 0.3) is 5.91 Å². The predicted molar refractivity (Wildman–Crippen MR) is 93.9 cm³/mol. The molecule has 0 aliphatic carbocycles. The van der Waals surface area contributed by atoms with Crippen LogP contribution in [0.1, 0.15) is 44.0 Å². The number of ketones is 1. The average molecular weight is 364 g/mol. The fourth-order valence-corrected chi connectivity index (χ4v) is 1.80. The van der Waals surface area contributed by atoms with Crippen LogP contribution in [0.3, 0.4) is 0 Å². The molecule has 1 aromatic carbocycles. The molecule has 3 amide bonds. The number of amides is 3. The smallest absolute Gasteiger partial charge is 0.344 e. The zero-order valence-corrected chi connectivity index (χ0v) is 15.2. The highest BCUT2D eigenvalue weighted by Crippen LogP contribution is 2.13. The van der Waals surface area contributed by atoms with Gasteiger partial charge in [-0.05, 0) is 37.6 Å². The molecule has 0 aromatic heterocycles. The van der Waals surface area contributed by atoms with Crippen LogP contribution in [0.4, 0.5) is 4.79 Å². The second-order valence-corrected chi connectivity index (χ2v) is 5.58. The third-order valence-corrected chi connectivity index (χ3v) is 3.46. The normalized spacial score (nSPS) is 11.2. The fourth-order valence-electron chi connectivity index (χ4n) is 1.80. The number of hydrogen-bond donors (Lipinski definition) is 2. The van der Waals surface area contributed by atoms with E-state index in [1.807, 2.05) is 6.92 Å². The van der Waals surface area contributed by atoms with Crippen LogP contribution in [0.2, 0.25) is 0 Å². The van der Waals surface area contributed by atoms with Gasteiger partial charge in [0.2, 0.25) is 0 Å². The van der Waals surface area contributed by atoms with Gasteiger partial charge in [-0.3, -0.25) is 14.9 Å². The number of rotatable bonds is 9. The van der Waals surface area contributed by atoms with Crippen LogP contribution in [0, 0.1) is 0 Å². The molecule has 1 atom stereocenters. The molecule has 1 aromatic rings. The summed E-state index contributed by atoms with van der Waals surface area (Å²) in [6, 6.07) is 5.65. The van der Waals surface area contributed by atoms with E-state index in [-0.39, 0.29) is 11.8 Å². The third kappa shape index (κ3) is 7.78. The molecule has 8 heteroatoms. The maximum absolute atomic E-state index is 11.6. The number of hydrogen-bond acceptors (Lipinski definition) is 6. The van der Waals surface area contributed by atoms with Gasteiger partial charge in [-0.15, -0.1) is 0 Å². The molecule has 0 spiro atoms. The molecule has 0 heterocycles. The van der Waals surface area contributed by atoms with Crippen molar-refractivity contribution in [2.24, 2.45) is 0 Å². The highest BCUT2D eigenvalue weighted by Gasteiger charge is 2.12. The summed E-state index contributed by atoms with van der Waals surface area (Å²) in [5, 5.41) is 4.61. The molecule has 142 valence electrons. The van der Waals surface area contributed by atoms with Crippen molar-refractivity contribution in [3.05, 3.63) is 29.8 Å². The van der Waals surface area contributed by atoms with Gasteiger partial charge in [-0.1, -0.05) is 13.8 Å². The molecule has 0 saturated carbocycles. The van der Waals surface area contributed by atoms with Crippen LogP contribution in [0.15, 0.2) is 24.3 Å². The lowest BCUT2D eigenvalue weighted by atomic mass is 10.1. The van der Waals surface area contributed by atoms with Crippen molar-refractivity contribution in [2.45, 2.75) is 39.7 Å². The minimum atomic E-state index is -0.754. The fraction of sp³-hybridized carbons (Fsp3) is 0.444. The van der Waals surface area contributed by atoms with Gasteiger partial charge >= 0.3 is 12.0 Å². The number of esters is 1. The summed E-state index contributed by atoms with van der Waals surface area (Å²) in [5.74, 6) is -1.08.